The molecule has 1 N–H and O–H groups in total. The fraction of sp³-hybridized carbons (Fsp3) is 0.450. The summed E-state index contributed by atoms with van der Waals surface area (Å²) in [7, 11) is 0. The highest BCUT2D eigenvalue weighted by Crippen LogP contribution is 2.37. The Labute approximate surface area is 166 Å². The summed E-state index contributed by atoms with van der Waals surface area (Å²) in [5.41, 5.74) is 3.89. The van der Waals surface area contributed by atoms with Crippen LogP contribution >= 0.6 is 23.1 Å². The molecule has 27 heavy (non-hydrogen) atoms. The molecule has 0 radical (unpaired) electrons. The molecular weight excluding hydrogens is 380 g/mol. The zero-order valence-corrected chi connectivity index (χ0v) is 16.6. The Balaban J connectivity index is 1.44. The van der Waals surface area contributed by atoms with Crippen molar-refractivity contribution in [3.63, 3.8) is 0 Å². The number of nitrogens with one attached hydrogen (secondary N) is 1. The molecule has 1 saturated heterocycles. The van der Waals surface area contributed by atoms with Crippen LogP contribution in [0, 0.1) is 5.92 Å². The number of ether oxygens (including phenoxy) is 1. The number of benzene rings is 1. The number of hydrogen-bond acceptors (Lipinski definition) is 6. The van der Waals surface area contributed by atoms with Crippen LogP contribution in [-0.2, 0) is 11.2 Å². The van der Waals surface area contributed by atoms with Gasteiger partial charge in [-0.15, -0.1) is 11.3 Å². The van der Waals surface area contributed by atoms with Crippen molar-refractivity contribution in [3.05, 3.63) is 46.4 Å². The molecule has 1 aliphatic heterocycles. The van der Waals surface area contributed by atoms with Crippen LogP contribution in [0.5, 0.6) is 5.75 Å². The second-order valence-electron chi connectivity index (χ2n) is 7.10. The van der Waals surface area contributed by atoms with E-state index in [0.717, 1.165) is 28.8 Å². The van der Waals surface area contributed by atoms with Crippen LogP contribution in [0.15, 0.2) is 35.2 Å². The first kappa shape index (κ1) is 18.5. The van der Waals surface area contributed by atoms with Gasteiger partial charge in [-0.1, -0.05) is 31.4 Å². The third-order valence-electron chi connectivity index (χ3n) is 5.22. The molecule has 0 bridgehead atoms. The Bertz CT molecular complexity index is 786. The number of rotatable bonds is 6. The minimum Gasteiger partial charge on any atom is -0.484 e. The van der Waals surface area contributed by atoms with Gasteiger partial charge in [0, 0.05) is 29.5 Å². The smallest absolute Gasteiger partial charge is 0.287 e. The first-order valence-electron chi connectivity index (χ1n) is 9.35. The molecule has 4 rings (SSSR count). The summed E-state index contributed by atoms with van der Waals surface area (Å²) in [5, 5.41) is 4.41. The van der Waals surface area contributed by atoms with E-state index < -0.39 is 6.04 Å². The lowest BCUT2D eigenvalue weighted by molar-refractivity contribution is -0.112. The van der Waals surface area contributed by atoms with E-state index in [9.17, 15) is 9.59 Å². The Kier molecular flexibility index (Phi) is 5.78. The number of thioether (sulfide) groups is 1. The van der Waals surface area contributed by atoms with E-state index in [1.54, 1.807) is 11.3 Å². The highest BCUT2D eigenvalue weighted by atomic mass is 32.2. The number of amides is 1. The highest BCUT2D eigenvalue weighted by Gasteiger charge is 2.31. The summed E-state index contributed by atoms with van der Waals surface area (Å²) in [4.78, 5) is 27.6. The second kappa shape index (κ2) is 8.44. The van der Waals surface area contributed by atoms with Gasteiger partial charge in [0.15, 0.2) is 0 Å². The lowest BCUT2D eigenvalue weighted by atomic mass is 9.84. The first-order chi connectivity index (χ1) is 13.2. The molecule has 7 heteroatoms. The molecule has 2 heterocycles. The minimum atomic E-state index is -0.431. The Morgan fingerprint density at radius 2 is 1.93 bits per heavy atom. The average molecular weight is 403 g/mol. The van der Waals surface area contributed by atoms with E-state index in [2.05, 4.69) is 15.7 Å². The maximum atomic E-state index is 11.8. The molecule has 5 nitrogen and oxygen atoms in total. The van der Waals surface area contributed by atoms with Gasteiger partial charge < -0.3 is 10.1 Å². The summed E-state index contributed by atoms with van der Waals surface area (Å²) in [6.45, 7) is 0. The number of aromatic nitrogens is 1. The van der Waals surface area contributed by atoms with E-state index in [-0.39, 0.29) is 16.5 Å². The maximum absolute atomic E-state index is 11.8. The third-order valence-corrected chi connectivity index (χ3v) is 6.61. The molecule has 2 unspecified atom stereocenters. The standard InChI is InChI=1S/C20H22N2O3S2/c23-19-16(22-20(24)27-19)10-13-6-8-15(9-7-13)25-18(17-11-26-12-21-17)14-4-2-1-3-5-14/h6-9,11-12,14,16,18H,1-5,10H2,(H,22,24). The van der Waals surface area contributed by atoms with Crippen LogP contribution < -0.4 is 10.1 Å². The molecule has 2 atom stereocenters. The van der Waals surface area contributed by atoms with Gasteiger partial charge in [-0.2, -0.15) is 0 Å². The van der Waals surface area contributed by atoms with Crippen LogP contribution in [0.3, 0.4) is 0 Å². The van der Waals surface area contributed by atoms with Crippen molar-refractivity contribution < 1.29 is 14.3 Å². The number of nitrogens with zero attached hydrogens (tertiary/aromatic N) is 1. The number of hydrogen-bond donors (Lipinski definition) is 1. The lowest BCUT2D eigenvalue weighted by Crippen LogP contribution is -2.30. The van der Waals surface area contributed by atoms with Crippen LogP contribution in [0.4, 0.5) is 4.79 Å². The topological polar surface area (TPSA) is 68.3 Å². The molecule has 2 aliphatic rings. The van der Waals surface area contributed by atoms with Crippen LogP contribution in [-0.4, -0.2) is 21.4 Å². The van der Waals surface area contributed by atoms with Crippen molar-refractivity contribution in [1.29, 1.82) is 0 Å². The van der Waals surface area contributed by atoms with Crippen molar-refractivity contribution in [2.75, 3.05) is 0 Å². The van der Waals surface area contributed by atoms with Gasteiger partial charge in [0.25, 0.3) is 5.24 Å². The molecule has 142 valence electrons. The van der Waals surface area contributed by atoms with Crippen LogP contribution in [0.2, 0.25) is 0 Å². The molecule has 1 amide bonds. The van der Waals surface area contributed by atoms with Gasteiger partial charge in [0.2, 0.25) is 5.12 Å². The molecule has 2 aromatic rings. The third kappa shape index (κ3) is 4.52. The SMILES string of the molecule is O=C1NC(Cc2ccc(OC(c3cscn3)C3CCCCC3)cc2)C(=O)S1. The molecule has 2 fully saturated rings. The summed E-state index contributed by atoms with van der Waals surface area (Å²) >= 11 is 2.36. The second-order valence-corrected chi connectivity index (χ2v) is 8.80. The monoisotopic (exact) mass is 402 g/mol. The van der Waals surface area contributed by atoms with E-state index in [4.69, 9.17) is 4.74 Å². The molecule has 1 aliphatic carbocycles. The number of carbonyl (C=O) groups excluding carboxylic acids is 2. The maximum Gasteiger partial charge on any atom is 0.287 e. The largest absolute Gasteiger partial charge is 0.484 e. The van der Waals surface area contributed by atoms with E-state index >= 15 is 0 Å². The average Bonchev–Trinajstić information content (AvgIpc) is 3.32. The fourth-order valence-electron chi connectivity index (χ4n) is 3.81. The summed E-state index contributed by atoms with van der Waals surface area (Å²) in [6, 6.07) is 7.41. The summed E-state index contributed by atoms with van der Waals surface area (Å²) < 4.78 is 6.36. The predicted octanol–water partition coefficient (Wildman–Crippen LogP) is 4.74. The highest BCUT2D eigenvalue weighted by molar-refractivity contribution is 8.26. The number of thiazole rings is 1. The zero-order chi connectivity index (χ0) is 18.6. The summed E-state index contributed by atoms with van der Waals surface area (Å²) in [5.74, 6) is 1.32. The van der Waals surface area contributed by atoms with Crippen molar-refractivity contribution in [1.82, 2.24) is 10.3 Å². The van der Waals surface area contributed by atoms with E-state index in [1.165, 1.54) is 32.1 Å². The van der Waals surface area contributed by atoms with E-state index in [0.29, 0.717) is 12.3 Å². The minimum absolute atomic E-state index is 0.00509. The molecule has 1 aromatic heterocycles. The van der Waals surface area contributed by atoms with Gasteiger partial charge in [-0.05, 0) is 30.5 Å². The quantitative estimate of drug-likeness (QED) is 0.756. The van der Waals surface area contributed by atoms with Crippen LogP contribution in [0.1, 0.15) is 49.5 Å². The Morgan fingerprint density at radius 3 is 2.56 bits per heavy atom. The van der Waals surface area contributed by atoms with Crippen molar-refractivity contribution in [2.24, 2.45) is 5.92 Å². The van der Waals surface area contributed by atoms with Gasteiger partial charge in [0.05, 0.1) is 11.2 Å². The van der Waals surface area contributed by atoms with E-state index in [1.807, 2.05) is 29.8 Å². The molecular formula is C20H22N2O3S2. The van der Waals surface area contributed by atoms with Crippen molar-refractivity contribution >= 4 is 33.5 Å². The van der Waals surface area contributed by atoms with Gasteiger partial charge in [0.1, 0.15) is 17.9 Å². The lowest BCUT2D eigenvalue weighted by Gasteiger charge is -2.29. The predicted molar refractivity (Wildman–Crippen MR) is 107 cm³/mol. The van der Waals surface area contributed by atoms with Crippen molar-refractivity contribution in [3.8, 4) is 5.75 Å². The Hall–Kier alpha value is -1.86. The van der Waals surface area contributed by atoms with Gasteiger partial charge >= 0.3 is 0 Å². The molecule has 1 saturated carbocycles. The van der Waals surface area contributed by atoms with Crippen molar-refractivity contribution in [2.45, 2.75) is 50.7 Å². The van der Waals surface area contributed by atoms with Gasteiger partial charge in [-0.3, -0.25) is 9.59 Å². The molecule has 1 aromatic carbocycles. The summed E-state index contributed by atoms with van der Waals surface area (Å²) in [6.07, 6.45) is 6.69. The van der Waals surface area contributed by atoms with Crippen LogP contribution in [0.25, 0.3) is 0 Å². The number of carbonyl (C=O) groups is 2. The first-order valence-corrected chi connectivity index (χ1v) is 11.1. The normalized spacial score (nSPS) is 21.9. The Morgan fingerprint density at radius 1 is 1.15 bits per heavy atom. The molecule has 0 spiro atoms. The van der Waals surface area contributed by atoms with Gasteiger partial charge in [-0.25, -0.2) is 4.98 Å². The zero-order valence-electron chi connectivity index (χ0n) is 14.9. The fourth-order valence-corrected chi connectivity index (χ4v) is 5.06.